The zero-order chi connectivity index (χ0) is 18.6. The van der Waals surface area contributed by atoms with Crippen molar-refractivity contribution in [2.45, 2.75) is 0 Å². The Labute approximate surface area is 154 Å². The van der Waals surface area contributed by atoms with Crippen molar-refractivity contribution in [3.05, 3.63) is 96.3 Å². The maximum Gasteiger partial charge on any atom is 0.255 e. The summed E-state index contributed by atoms with van der Waals surface area (Å²) in [6.07, 6.45) is 9.97. The van der Waals surface area contributed by atoms with E-state index in [0.29, 0.717) is 22.4 Å². The molecule has 4 aromatic rings. The Kier molecular flexibility index (Phi) is 4.32. The van der Waals surface area contributed by atoms with Crippen LogP contribution in [-0.2, 0) is 0 Å². The van der Waals surface area contributed by atoms with E-state index in [-0.39, 0.29) is 11.7 Å². The molecule has 0 spiro atoms. The van der Waals surface area contributed by atoms with Crippen molar-refractivity contribution >= 4 is 17.4 Å². The molecule has 0 fully saturated rings. The number of benzene rings is 1. The number of ketones is 1. The van der Waals surface area contributed by atoms with Crippen molar-refractivity contribution in [1.82, 2.24) is 19.7 Å². The van der Waals surface area contributed by atoms with Gasteiger partial charge in [-0.05, 0) is 30.3 Å². The fourth-order valence-corrected chi connectivity index (χ4v) is 2.63. The summed E-state index contributed by atoms with van der Waals surface area (Å²) >= 11 is 0. The van der Waals surface area contributed by atoms with Crippen LogP contribution in [0.15, 0.2) is 79.6 Å². The van der Waals surface area contributed by atoms with E-state index in [0.717, 1.165) is 5.69 Å². The number of amides is 1. The van der Waals surface area contributed by atoms with Crippen molar-refractivity contribution < 1.29 is 9.59 Å². The van der Waals surface area contributed by atoms with Gasteiger partial charge in [-0.2, -0.15) is 5.10 Å². The Hall–Kier alpha value is -4.00. The third-order valence-corrected chi connectivity index (χ3v) is 4.04. The summed E-state index contributed by atoms with van der Waals surface area (Å²) in [5, 5.41) is 7.02. The van der Waals surface area contributed by atoms with Gasteiger partial charge in [-0.1, -0.05) is 12.1 Å². The largest absolute Gasteiger partial charge is 0.367 e. The molecule has 0 saturated carbocycles. The molecule has 0 aliphatic heterocycles. The van der Waals surface area contributed by atoms with E-state index < -0.39 is 0 Å². The SMILES string of the molecule is O=C(Nc1cnn(-c2ccncc2)c1)c1ccc(C(=O)c2cc[nH]c2)cc1. The van der Waals surface area contributed by atoms with Crippen LogP contribution in [0, 0.1) is 0 Å². The maximum atomic E-state index is 12.4. The van der Waals surface area contributed by atoms with Crippen molar-refractivity contribution in [1.29, 1.82) is 0 Å². The number of hydrogen-bond acceptors (Lipinski definition) is 4. The number of aromatic amines is 1. The van der Waals surface area contributed by atoms with E-state index in [2.05, 4.69) is 20.4 Å². The topological polar surface area (TPSA) is 92.7 Å². The molecule has 0 saturated heterocycles. The predicted molar refractivity (Wildman–Crippen MR) is 100.0 cm³/mol. The molecule has 7 heteroatoms. The highest BCUT2D eigenvalue weighted by molar-refractivity contribution is 6.10. The first-order chi connectivity index (χ1) is 13.2. The van der Waals surface area contributed by atoms with Gasteiger partial charge in [-0.15, -0.1) is 0 Å². The Morgan fingerprint density at radius 3 is 2.37 bits per heavy atom. The summed E-state index contributed by atoms with van der Waals surface area (Å²) < 4.78 is 1.65. The quantitative estimate of drug-likeness (QED) is 0.537. The van der Waals surface area contributed by atoms with Gasteiger partial charge in [-0.3, -0.25) is 14.6 Å². The molecule has 0 bridgehead atoms. The normalized spacial score (nSPS) is 10.5. The molecule has 3 heterocycles. The van der Waals surface area contributed by atoms with Gasteiger partial charge in [0.05, 0.1) is 23.8 Å². The number of anilines is 1. The molecule has 7 nitrogen and oxygen atoms in total. The van der Waals surface area contributed by atoms with Crippen LogP contribution in [0.4, 0.5) is 5.69 Å². The minimum Gasteiger partial charge on any atom is -0.367 e. The van der Waals surface area contributed by atoms with Crippen molar-refractivity contribution in [2.24, 2.45) is 0 Å². The molecular weight excluding hydrogens is 342 g/mol. The second kappa shape index (κ2) is 7.09. The summed E-state index contributed by atoms with van der Waals surface area (Å²) in [6, 6.07) is 11.9. The van der Waals surface area contributed by atoms with Crippen molar-refractivity contribution in [3.8, 4) is 5.69 Å². The van der Waals surface area contributed by atoms with Crippen molar-refractivity contribution in [3.63, 3.8) is 0 Å². The molecule has 0 atom stereocenters. The van der Waals surface area contributed by atoms with Gasteiger partial charge in [0.1, 0.15) is 0 Å². The van der Waals surface area contributed by atoms with Gasteiger partial charge in [0.2, 0.25) is 0 Å². The zero-order valence-corrected chi connectivity index (χ0v) is 14.2. The molecule has 1 amide bonds. The summed E-state index contributed by atoms with van der Waals surface area (Å²) in [4.78, 5) is 31.5. The number of carbonyl (C=O) groups excluding carboxylic acids is 2. The molecule has 27 heavy (non-hydrogen) atoms. The third kappa shape index (κ3) is 3.52. The van der Waals surface area contributed by atoms with E-state index in [9.17, 15) is 9.59 Å². The van der Waals surface area contributed by atoms with E-state index in [1.165, 1.54) is 0 Å². The van der Waals surface area contributed by atoms with Crippen LogP contribution in [-0.4, -0.2) is 31.4 Å². The van der Waals surface area contributed by atoms with E-state index >= 15 is 0 Å². The molecule has 132 valence electrons. The Balaban J connectivity index is 1.46. The second-order valence-electron chi connectivity index (χ2n) is 5.84. The Bertz CT molecular complexity index is 1070. The molecule has 1 aromatic carbocycles. The lowest BCUT2D eigenvalue weighted by Gasteiger charge is -2.04. The van der Waals surface area contributed by atoms with Crippen LogP contribution in [0.3, 0.4) is 0 Å². The van der Waals surface area contributed by atoms with E-state index in [1.807, 2.05) is 12.1 Å². The minimum atomic E-state index is -0.273. The first kappa shape index (κ1) is 16.5. The average molecular weight is 357 g/mol. The summed E-state index contributed by atoms with van der Waals surface area (Å²) in [5.74, 6) is -0.369. The number of rotatable bonds is 5. The van der Waals surface area contributed by atoms with Crippen LogP contribution in [0.1, 0.15) is 26.3 Å². The molecule has 0 unspecified atom stereocenters. The molecule has 0 aliphatic rings. The minimum absolute atomic E-state index is 0.0955. The second-order valence-corrected chi connectivity index (χ2v) is 5.84. The number of hydrogen-bond donors (Lipinski definition) is 2. The maximum absolute atomic E-state index is 12.4. The lowest BCUT2D eigenvalue weighted by atomic mass is 10.0. The predicted octanol–water partition coefficient (Wildman–Crippen LogP) is 3.08. The van der Waals surface area contributed by atoms with Gasteiger partial charge in [0.25, 0.3) is 5.91 Å². The smallest absolute Gasteiger partial charge is 0.255 e. The number of H-pyrrole nitrogens is 1. The first-order valence-corrected chi connectivity index (χ1v) is 8.25. The lowest BCUT2D eigenvalue weighted by Crippen LogP contribution is -2.11. The number of carbonyl (C=O) groups is 2. The van der Waals surface area contributed by atoms with Gasteiger partial charge < -0.3 is 10.3 Å². The van der Waals surface area contributed by atoms with Crippen LogP contribution in [0.5, 0.6) is 0 Å². The van der Waals surface area contributed by atoms with Gasteiger partial charge in [0.15, 0.2) is 5.78 Å². The highest BCUT2D eigenvalue weighted by Gasteiger charge is 2.12. The van der Waals surface area contributed by atoms with Gasteiger partial charge in [0, 0.05) is 41.5 Å². The van der Waals surface area contributed by atoms with Crippen LogP contribution >= 0.6 is 0 Å². The summed E-state index contributed by atoms with van der Waals surface area (Å²) in [7, 11) is 0. The zero-order valence-electron chi connectivity index (χ0n) is 14.2. The molecular formula is C20H15N5O2. The van der Waals surface area contributed by atoms with E-state index in [1.54, 1.807) is 72.2 Å². The molecule has 4 rings (SSSR count). The number of nitrogens with zero attached hydrogens (tertiary/aromatic N) is 3. The first-order valence-electron chi connectivity index (χ1n) is 8.25. The molecule has 3 aromatic heterocycles. The van der Waals surface area contributed by atoms with Gasteiger partial charge in [-0.25, -0.2) is 4.68 Å². The number of nitrogens with one attached hydrogen (secondary N) is 2. The summed E-state index contributed by atoms with van der Waals surface area (Å²) in [6.45, 7) is 0. The summed E-state index contributed by atoms with van der Waals surface area (Å²) in [5.41, 5.74) is 2.98. The number of aromatic nitrogens is 4. The standard InChI is InChI=1S/C20H15N5O2/c26-19(16-5-8-22-11-16)14-1-3-15(4-2-14)20(27)24-17-12-23-25(13-17)18-6-9-21-10-7-18/h1-13,22H,(H,24,27). The molecule has 2 N–H and O–H groups in total. The highest BCUT2D eigenvalue weighted by atomic mass is 16.1. The van der Waals surface area contributed by atoms with E-state index in [4.69, 9.17) is 0 Å². The molecule has 0 aliphatic carbocycles. The molecule has 0 radical (unpaired) electrons. The Morgan fingerprint density at radius 1 is 0.926 bits per heavy atom. The van der Waals surface area contributed by atoms with Crippen LogP contribution < -0.4 is 5.32 Å². The highest BCUT2D eigenvalue weighted by Crippen LogP contribution is 2.14. The van der Waals surface area contributed by atoms with Gasteiger partial charge >= 0.3 is 0 Å². The van der Waals surface area contributed by atoms with Crippen LogP contribution in [0.2, 0.25) is 0 Å². The third-order valence-electron chi connectivity index (χ3n) is 4.04. The fourth-order valence-electron chi connectivity index (χ4n) is 2.63. The lowest BCUT2D eigenvalue weighted by molar-refractivity contribution is 0.102. The average Bonchev–Trinajstić information content (AvgIpc) is 3.40. The number of pyridine rings is 1. The monoisotopic (exact) mass is 357 g/mol. The van der Waals surface area contributed by atoms with Crippen molar-refractivity contribution in [2.75, 3.05) is 5.32 Å². The Morgan fingerprint density at radius 2 is 1.67 bits per heavy atom. The van der Waals surface area contributed by atoms with Crippen LogP contribution in [0.25, 0.3) is 5.69 Å². The fraction of sp³-hybridized carbons (Fsp3) is 0.